The molecule has 20 heavy (non-hydrogen) atoms. The molecule has 1 atom stereocenters. The van der Waals surface area contributed by atoms with Gasteiger partial charge in [0.05, 0.1) is 0 Å². The Morgan fingerprint density at radius 2 is 1.90 bits per heavy atom. The van der Waals surface area contributed by atoms with E-state index in [-0.39, 0.29) is 0 Å². The molecule has 0 amide bonds. The van der Waals surface area contributed by atoms with Gasteiger partial charge in [0.1, 0.15) is 5.82 Å². The summed E-state index contributed by atoms with van der Waals surface area (Å²) < 4.78 is 0. The second kappa shape index (κ2) is 7.06. The third-order valence-corrected chi connectivity index (χ3v) is 3.61. The molecule has 0 spiro atoms. The first-order valence-electron chi connectivity index (χ1n) is 7.17. The van der Waals surface area contributed by atoms with Crippen molar-refractivity contribution in [3.63, 3.8) is 0 Å². The molecular formula is C17H23N3. The van der Waals surface area contributed by atoms with Crippen LogP contribution in [0.3, 0.4) is 0 Å². The lowest BCUT2D eigenvalue weighted by Crippen LogP contribution is -2.26. The molecule has 1 unspecified atom stereocenters. The minimum Gasteiger partial charge on any atom is -0.352 e. The summed E-state index contributed by atoms with van der Waals surface area (Å²) in [5.74, 6) is 1.07. The molecule has 2 rings (SSSR count). The zero-order valence-corrected chi connectivity index (χ0v) is 12.5. The first kappa shape index (κ1) is 14.5. The van der Waals surface area contributed by atoms with Gasteiger partial charge in [-0.2, -0.15) is 0 Å². The van der Waals surface area contributed by atoms with E-state index in [1.807, 2.05) is 19.3 Å². The van der Waals surface area contributed by atoms with Crippen molar-refractivity contribution in [3.05, 3.63) is 59.8 Å². The Morgan fingerprint density at radius 1 is 1.15 bits per heavy atom. The quantitative estimate of drug-likeness (QED) is 0.871. The van der Waals surface area contributed by atoms with Crippen molar-refractivity contribution < 1.29 is 0 Å². The van der Waals surface area contributed by atoms with E-state index in [9.17, 15) is 0 Å². The molecule has 1 heterocycles. The summed E-state index contributed by atoms with van der Waals surface area (Å²) >= 11 is 0. The van der Waals surface area contributed by atoms with Crippen molar-refractivity contribution >= 4 is 5.82 Å². The zero-order valence-electron chi connectivity index (χ0n) is 12.5. The molecule has 0 aliphatic heterocycles. The highest BCUT2D eigenvalue weighted by atomic mass is 15.2. The fourth-order valence-electron chi connectivity index (χ4n) is 2.31. The lowest BCUT2D eigenvalue weighted by molar-refractivity contribution is 0.643. The third kappa shape index (κ3) is 3.36. The third-order valence-electron chi connectivity index (χ3n) is 3.61. The SMILES string of the molecule is CCN(Cc1ccccc1)c1ncccc1C(C)NC. The fourth-order valence-corrected chi connectivity index (χ4v) is 2.31. The maximum absolute atomic E-state index is 4.60. The number of pyridine rings is 1. The van der Waals surface area contributed by atoms with Gasteiger partial charge in [0, 0.05) is 30.9 Å². The molecule has 3 heteroatoms. The first-order valence-corrected chi connectivity index (χ1v) is 7.17. The van der Waals surface area contributed by atoms with Crippen LogP contribution in [0.2, 0.25) is 0 Å². The summed E-state index contributed by atoms with van der Waals surface area (Å²) in [4.78, 5) is 6.92. The van der Waals surface area contributed by atoms with Crippen molar-refractivity contribution in [2.75, 3.05) is 18.5 Å². The number of rotatable bonds is 6. The van der Waals surface area contributed by atoms with Crippen molar-refractivity contribution in [3.8, 4) is 0 Å². The van der Waals surface area contributed by atoms with Gasteiger partial charge in [0.2, 0.25) is 0 Å². The normalized spacial score (nSPS) is 12.2. The summed E-state index contributed by atoms with van der Waals surface area (Å²) in [6.07, 6.45) is 1.87. The Balaban J connectivity index is 2.28. The number of benzene rings is 1. The first-order chi connectivity index (χ1) is 9.76. The van der Waals surface area contributed by atoms with Crippen molar-refractivity contribution in [2.24, 2.45) is 0 Å². The summed E-state index contributed by atoms with van der Waals surface area (Å²) in [6, 6.07) is 15.0. The molecule has 2 aromatic rings. The number of hydrogen-bond acceptors (Lipinski definition) is 3. The van der Waals surface area contributed by atoms with Gasteiger partial charge in [-0.1, -0.05) is 36.4 Å². The van der Waals surface area contributed by atoms with Crippen LogP contribution >= 0.6 is 0 Å². The van der Waals surface area contributed by atoms with Gasteiger partial charge in [0.25, 0.3) is 0 Å². The molecular weight excluding hydrogens is 246 g/mol. The van der Waals surface area contributed by atoms with E-state index in [0.29, 0.717) is 6.04 Å². The summed E-state index contributed by atoms with van der Waals surface area (Å²) in [5, 5.41) is 3.30. The van der Waals surface area contributed by atoms with Gasteiger partial charge in [0.15, 0.2) is 0 Å². The Kier molecular flexibility index (Phi) is 5.13. The van der Waals surface area contributed by atoms with E-state index in [2.05, 4.69) is 65.4 Å². The molecule has 0 saturated carbocycles. The minimum atomic E-state index is 0.295. The molecule has 106 valence electrons. The highest BCUT2D eigenvalue weighted by Crippen LogP contribution is 2.24. The molecule has 1 N–H and O–H groups in total. The molecule has 0 aliphatic rings. The highest BCUT2D eigenvalue weighted by molar-refractivity contribution is 5.48. The number of hydrogen-bond donors (Lipinski definition) is 1. The average Bonchev–Trinajstić information content (AvgIpc) is 2.53. The number of anilines is 1. The molecule has 0 aliphatic carbocycles. The molecule has 0 saturated heterocycles. The Bertz CT molecular complexity index is 525. The van der Waals surface area contributed by atoms with E-state index in [1.165, 1.54) is 11.1 Å². The average molecular weight is 269 g/mol. The predicted octanol–water partition coefficient (Wildman–Crippen LogP) is 3.39. The topological polar surface area (TPSA) is 28.2 Å². The van der Waals surface area contributed by atoms with Gasteiger partial charge in [-0.15, -0.1) is 0 Å². The highest BCUT2D eigenvalue weighted by Gasteiger charge is 2.15. The van der Waals surface area contributed by atoms with Crippen LogP contribution in [0.25, 0.3) is 0 Å². The van der Waals surface area contributed by atoms with Gasteiger partial charge in [-0.3, -0.25) is 0 Å². The molecule has 1 aromatic carbocycles. The number of nitrogens with zero attached hydrogens (tertiary/aromatic N) is 2. The van der Waals surface area contributed by atoms with Crippen LogP contribution in [-0.2, 0) is 6.54 Å². The Hall–Kier alpha value is -1.87. The van der Waals surface area contributed by atoms with Crippen LogP contribution in [0, 0.1) is 0 Å². The van der Waals surface area contributed by atoms with E-state index >= 15 is 0 Å². The van der Waals surface area contributed by atoms with Crippen LogP contribution in [-0.4, -0.2) is 18.6 Å². The van der Waals surface area contributed by atoms with E-state index in [0.717, 1.165) is 18.9 Å². The Labute approximate surface area is 121 Å². The molecule has 1 aromatic heterocycles. The molecule has 0 radical (unpaired) electrons. The van der Waals surface area contributed by atoms with Gasteiger partial charge < -0.3 is 10.2 Å². The van der Waals surface area contributed by atoms with E-state index in [4.69, 9.17) is 0 Å². The van der Waals surface area contributed by atoms with Gasteiger partial charge in [-0.05, 0) is 32.5 Å². The summed E-state index contributed by atoms with van der Waals surface area (Å²) in [6.45, 7) is 6.16. The minimum absolute atomic E-state index is 0.295. The van der Waals surface area contributed by atoms with E-state index in [1.54, 1.807) is 0 Å². The molecule has 0 bridgehead atoms. The standard InChI is InChI=1S/C17H23N3/c1-4-20(13-15-9-6-5-7-10-15)17-16(14(2)18-3)11-8-12-19-17/h5-12,14,18H,4,13H2,1-3H3. The molecule has 3 nitrogen and oxygen atoms in total. The fraction of sp³-hybridized carbons (Fsp3) is 0.353. The summed E-state index contributed by atoms with van der Waals surface area (Å²) in [7, 11) is 1.98. The van der Waals surface area contributed by atoms with Gasteiger partial charge in [-0.25, -0.2) is 4.98 Å². The monoisotopic (exact) mass is 269 g/mol. The van der Waals surface area contributed by atoms with Crippen LogP contribution in [0.1, 0.15) is 31.0 Å². The molecule has 0 fully saturated rings. The lowest BCUT2D eigenvalue weighted by Gasteiger charge is -2.26. The predicted molar refractivity (Wildman–Crippen MR) is 84.9 cm³/mol. The van der Waals surface area contributed by atoms with Crippen molar-refractivity contribution in [1.29, 1.82) is 0 Å². The van der Waals surface area contributed by atoms with Crippen LogP contribution in [0.5, 0.6) is 0 Å². The van der Waals surface area contributed by atoms with Crippen LogP contribution in [0.15, 0.2) is 48.7 Å². The second-order valence-electron chi connectivity index (χ2n) is 4.93. The number of aromatic nitrogens is 1. The van der Waals surface area contributed by atoms with Crippen molar-refractivity contribution in [1.82, 2.24) is 10.3 Å². The van der Waals surface area contributed by atoms with Crippen LogP contribution < -0.4 is 10.2 Å². The van der Waals surface area contributed by atoms with E-state index < -0.39 is 0 Å². The van der Waals surface area contributed by atoms with Crippen LogP contribution in [0.4, 0.5) is 5.82 Å². The zero-order chi connectivity index (χ0) is 14.4. The smallest absolute Gasteiger partial charge is 0.133 e. The summed E-state index contributed by atoms with van der Waals surface area (Å²) in [5.41, 5.74) is 2.55. The largest absolute Gasteiger partial charge is 0.352 e. The van der Waals surface area contributed by atoms with Crippen molar-refractivity contribution in [2.45, 2.75) is 26.4 Å². The lowest BCUT2D eigenvalue weighted by atomic mass is 10.1. The number of nitrogens with one attached hydrogen (secondary N) is 1. The van der Waals surface area contributed by atoms with Gasteiger partial charge >= 0.3 is 0 Å². The second-order valence-corrected chi connectivity index (χ2v) is 4.93. The maximum Gasteiger partial charge on any atom is 0.133 e. The maximum atomic E-state index is 4.60. The Morgan fingerprint density at radius 3 is 2.55 bits per heavy atom.